The molecular weight excluding hydrogens is 490 g/mol. The molecule has 2 aromatic carbocycles. The first-order chi connectivity index (χ1) is 16.7. The van der Waals surface area contributed by atoms with Gasteiger partial charge < -0.3 is 20.6 Å². The highest BCUT2D eigenvalue weighted by atomic mass is 35.5. The number of hydrogen-bond donors (Lipinski definition) is 3. The van der Waals surface area contributed by atoms with Crippen LogP contribution >= 0.6 is 23.4 Å². The van der Waals surface area contributed by atoms with E-state index in [-0.39, 0.29) is 24.7 Å². The molecule has 3 N–H and O–H groups in total. The maximum Gasteiger partial charge on any atom is 0.326 e. The molecule has 0 bridgehead atoms. The van der Waals surface area contributed by atoms with Gasteiger partial charge in [0.05, 0.1) is 10.6 Å². The van der Waals surface area contributed by atoms with Crippen molar-refractivity contribution >= 4 is 52.7 Å². The zero-order valence-corrected chi connectivity index (χ0v) is 21.1. The van der Waals surface area contributed by atoms with Crippen LogP contribution in [0.2, 0.25) is 5.02 Å². The van der Waals surface area contributed by atoms with E-state index >= 15 is 0 Å². The topological polar surface area (TPSA) is 116 Å². The van der Waals surface area contributed by atoms with Crippen LogP contribution in [0.5, 0.6) is 0 Å². The molecule has 3 rings (SSSR count). The number of carboxylic acid groups (broad SMARTS) is 1. The number of thioether (sulfide) groups is 1. The lowest BCUT2D eigenvalue weighted by atomic mass is 10.0. The summed E-state index contributed by atoms with van der Waals surface area (Å²) in [6, 6.07) is 10.1. The van der Waals surface area contributed by atoms with Gasteiger partial charge in [0, 0.05) is 36.6 Å². The summed E-state index contributed by atoms with van der Waals surface area (Å²) in [5, 5.41) is 15.4. The summed E-state index contributed by atoms with van der Waals surface area (Å²) in [6.07, 6.45) is 0.343. The number of benzene rings is 2. The molecule has 8 nitrogen and oxygen atoms in total. The molecule has 1 fully saturated rings. The number of carbonyl (C=O) groups is 4. The van der Waals surface area contributed by atoms with Gasteiger partial charge in [-0.15, -0.1) is 0 Å². The Morgan fingerprint density at radius 3 is 2.51 bits per heavy atom. The number of amides is 3. The zero-order chi connectivity index (χ0) is 25.5. The molecule has 10 heteroatoms. The Hall–Kier alpha value is -3.04. The number of aliphatic carboxylic acids is 1. The monoisotopic (exact) mass is 517 g/mol. The van der Waals surface area contributed by atoms with Crippen molar-refractivity contribution in [3.8, 4) is 0 Å². The van der Waals surface area contributed by atoms with E-state index in [0.717, 1.165) is 11.3 Å². The van der Waals surface area contributed by atoms with E-state index in [4.69, 9.17) is 11.6 Å². The fraction of sp³-hybridized carbons (Fsp3) is 0.360. The largest absolute Gasteiger partial charge is 0.480 e. The number of aryl methyl sites for hydroxylation is 1. The number of hydrogen-bond acceptors (Lipinski definition) is 5. The predicted octanol–water partition coefficient (Wildman–Crippen LogP) is 3.37. The first kappa shape index (κ1) is 26.6. The van der Waals surface area contributed by atoms with Crippen LogP contribution in [0.15, 0.2) is 42.5 Å². The Kier molecular flexibility index (Phi) is 9.17. The lowest BCUT2D eigenvalue weighted by Gasteiger charge is -2.34. The van der Waals surface area contributed by atoms with E-state index in [1.807, 2.05) is 0 Å². The van der Waals surface area contributed by atoms with Crippen molar-refractivity contribution in [2.45, 2.75) is 38.8 Å². The number of nitrogens with zero attached hydrogens (tertiary/aromatic N) is 1. The zero-order valence-electron chi connectivity index (χ0n) is 19.5. The average molecular weight is 518 g/mol. The predicted molar refractivity (Wildman–Crippen MR) is 137 cm³/mol. The summed E-state index contributed by atoms with van der Waals surface area (Å²) in [5.74, 6) is -0.915. The highest BCUT2D eigenvalue weighted by Gasteiger charge is 2.34. The third-order valence-corrected chi connectivity index (χ3v) is 7.11. The number of halogens is 1. The van der Waals surface area contributed by atoms with Gasteiger partial charge in [-0.3, -0.25) is 14.4 Å². The standard InChI is InChI=1S/C25H28ClN3O5S/c1-3-21(30)29-11-12-35-14-20(29)23(31)28-19(25(33)34)13-16-7-9-17(10-8-16)27-24(32)22-15(2)5-4-6-18(22)26/h4-10,19-20H,3,11-14H2,1-2H3,(H,27,32)(H,28,31)(H,33,34)/t19-,20?/m0/s1. The van der Waals surface area contributed by atoms with Crippen LogP contribution in [-0.2, 0) is 20.8 Å². The fourth-order valence-electron chi connectivity index (χ4n) is 3.86. The minimum Gasteiger partial charge on any atom is -0.480 e. The summed E-state index contributed by atoms with van der Waals surface area (Å²) in [7, 11) is 0. The third kappa shape index (κ3) is 6.76. The van der Waals surface area contributed by atoms with Gasteiger partial charge in [-0.05, 0) is 36.2 Å². The SMILES string of the molecule is CCC(=O)N1CCSCC1C(=O)N[C@@H](Cc1ccc(NC(=O)c2c(C)cccc2Cl)cc1)C(=O)O. The van der Waals surface area contributed by atoms with Gasteiger partial charge in [0.25, 0.3) is 5.91 Å². The van der Waals surface area contributed by atoms with Gasteiger partial charge in [0.15, 0.2) is 0 Å². The van der Waals surface area contributed by atoms with Crippen LogP contribution in [0.1, 0.15) is 34.8 Å². The van der Waals surface area contributed by atoms with Gasteiger partial charge in [0.2, 0.25) is 11.8 Å². The van der Waals surface area contributed by atoms with Crippen LogP contribution < -0.4 is 10.6 Å². The molecule has 1 heterocycles. The van der Waals surface area contributed by atoms with E-state index in [9.17, 15) is 24.3 Å². The first-order valence-electron chi connectivity index (χ1n) is 11.3. The molecular formula is C25H28ClN3O5S. The molecule has 0 spiro atoms. The summed E-state index contributed by atoms with van der Waals surface area (Å²) >= 11 is 7.72. The Morgan fingerprint density at radius 1 is 1.17 bits per heavy atom. The minimum atomic E-state index is -1.17. The van der Waals surface area contributed by atoms with Crippen molar-refractivity contribution < 1.29 is 24.3 Å². The molecule has 2 aromatic rings. The van der Waals surface area contributed by atoms with Crippen molar-refractivity contribution in [2.75, 3.05) is 23.4 Å². The van der Waals surface area contributed by atoms with Crippen LogP contribution in [-0.4, -0.2) is 63.8 Å². The van der Waals surface area contributed by atoms with Crippen molar-refractivity contribution in [1.29, 1.82) is 0 Å². The van der Waals surface area contributed by atoms with Gasteiger partial charge in [-0.25, -0.2) is 4.79 Å². The van der Waals surface area contributed by atoms with E-state index in [2.05, 4.69) is 10.6 Å². The van der Waals surface area contributed by atoms with Crippen LogP contribution in [0.4, 0.5) is 5.69 Å². The molecule has 1 aliphatic rings. The molecule has 0 saturated carbocycles. The van der Waals surface area contributed by atoms with E-state index in [0.29, 0.717) is 34.1 Å². The molecule has 1 saturated heterocycles. The van der Waals surface area contributed by atoms with Gasteiger partial charge in [-0.1, -0.05) is 42.8 Å². The molecule has 186 valence electrons. The number of anilines is 1. The van der Waals surface area contributed by atoms with E-state index in [1.54, 1.807) is 68.1 Å². The maximum atomic E-state index is 12.9. The number of carboxylic acids is 1. The smallest absolute Gasteiger partial charge is 0.326 e. The molecule has 1 unspecified atom stereocenters. The minimum absolute atomic E-state index is 0.0561. The Labute approximate surface area is 213 Å². The number of carbonyl (C=O) groups excluding carboxylic acids is 3. The Balaban J connectivity index is 1.65. The van der Waals surface area contributed by atoms with Crippen LogP contribution in [0.25, 0.3) is 0 Å². The molecule has 0 radical (unpaired) electrons. The fourth-order valence-corrected chi connectivity index (χ4v) is 5.22. The summed E-state index contributed by atoms with van der Waals surface area (Å²) in [4.78, 5) is 51.1. The third-order valence-electron chi connectivity index (χ3n) is 5.77. The number of nitrogens with one attached hydrogen (secondary N) is 2. The highest BCUT2D eigenvalue weighted by Crippen LogP contribution is 2.22. The van der Waals surface area contributed by atoms with Crippen molar-refractivity contribution in [2.24, 2.45) is 0 Å². The van der Waals surface area contributed by atoms with Gasteiger partial charge in [0.1, 0.15) is 12.1 Å². The van der Waals surface area contributed by atoms with E-state index in [1.165, 1.54) is 4.90 Å². The van der Waals surface area contributed by atoms with Crippen molar-refractivity contribution in [1.82, 2.24) is 10.2 Å². The highest BCUT2D eigenvalue weighted by molar-refractivity contribution is 7.99. The molecule has 2 atom stereocenters. The second kappa shape index (κ2) is 12.1. The molecule has 0 aromatic heterocycles. The average Bonchev–Trinajstić information content (AvgIpc) is 2.84. The molecule has 35 heavy (non-hydrogen) atoms. The first-order valence-corrected chi connectivity index (χ1v) is 12.8. The van der Waals surface area contributed by atoms with Crippen LogP contribution in [0.3, 0.4) is 0 Å². The summed E-state index contributed by atoms with van der Waals surface area (Å²) in [5.41, 5.74) is 2.34. The second-order valence-electron chi connectivity index (χ2n) is 8.22. The maximum absolute atomic E-state index is 12.9. The molecule has 1 aliphatic heterocycles. The Bertz CT molecular complexity index is 1090. The van der Waals surface area contributed by atoms with Gasteiger partial charge >= 0.3 is 5.97 Å². The summed E-state index contributed by atoms with van der Waals surface area (Å²) < 4.78 is 0. The summed E-state index contributed by atoms with van der Waals surface area (Å²) in [6.45, 7) is 4.00. The second-order valence-corrected chi connectivity index (χ2v) is 9.77. The van der Waals surface area contributed by atoms with Gasteiger partial charge in [-0.2, -0.15) is 11.8 Å². The van der Waals surface area contributed by atoms with E-state index < -0.39 is 24.0 Å². The van der Waals surface area contributed by atoms with Crippen molar-refractivity contribution in [3.05, 3.63) is 64.2 Å². The normalized spacial score (nSPS) is 16.3. The Morgan fingerprint density at radius 2 is 1.89 bits per heavy atom. The lowest BCUT2D eigenvalue weighted by Crippen LogP contribution is -2.56. The molecule has 3 amide bonds. The molecule has 0 aliphatic carbocycles. The van der Waals surface area contributed by atoms with Crippen molar-refractivity contribution in [3.63, 3.8) is 0 Å². The quantitative estimate of drug-likeness (QED) is 0.494. The lowest BCUT2D eigenvalue weighted by molar-refractivity contribution is -0.144. The van der Waals surface area contributed by atoms with Crippen LogP contribution in [0, 0.1) is 6.92 Å². The number of rotatable bonds is 8.